The SMILES string of the molecule is CC(C)BC1(C)CC1(CC(C)(C)C)C(=O)NCC(C)O. The first-order chi connectivity index (χ1) is 8.92. The molecule has 1 saturated carbocycles. The van der Waals surface area contributed by atoms with Gasteiger partial charge in [0, 0.05) is 12.0 Å². The monoisotopic (exact) mass is 281 g/mol. The van der Waals surface area contributed by atoms with Crippen molar-refractivity contribution < 1.29 is 9.90 Å². The summed E-state index contributed by atoms with van der Waals surface area (Å²) in [6.07, 6.45) is 1.40. The highest BCUT2D eigenvalue weighted by atomic mass is 16.3. The van der Waals surface area contributed by atoms with E-state index in [0.29, 0.717) is 12.4 Å². The summed E-state index contributed by atoms with van der Waals surface area (Å²) < 4.78 is 0. The summed E-state index contributed by atoms with van der Waals surface area (Å²) in [5.41, 5.74) is -0.110. The predicted octanol–water partition coefficient (Wildman–Crippen LogP) is 2.75. The van der Waals surface area contributed by atoms with E-state index in [9.17, 15) is 9.90 Å². The highest BCUT2D eigenvalue weighted by Crippen LogP contribution is 2.74. The average molecular weight is 281 g/mol. The van der Waals surface area contributed by atoms with Crippen molar-refractivity contribution in [3.8, 4) is 0 Å². The van der Waals surface area contributed by atoms with Crippen LogP contribution in [0.25, 0.3) is 0 Å². The fourth-order valence-corrected chi connectivity index (χ4v) is 3.82. The van der Waals surface area contributed by atoms with Gasteiger partial charge >= 0.3 is 0 Å². The van der Waals surface area contributed by atoms with Crippen molar-refractivity contribution in [3.63, 3.8) is 0 Å². The van der Waals surface area contributed by atoms with Gasteiger partial charge in [-0.3, -0.25) is 4.79 Å². The molecule has 0 spiro atoms. The van der Waals surface area contributed by atoms with Crippen molar-refractivity contribution in [2.45, 2.75) is 78.5 Å². The molecule has 4 heteroatoms. The molecule has 3 atom stereocenters. The lowest BCUT2D eigenvalue weighted by Gasteiger charge is -2.30. The molecule has 3 nitrogen and oxygen atoms in total. The van der Waals surface area contributed by atoms with Gasteiger partial charge in [0.2, 0.25) is 5.91 Å². The molecule has 1 rings (SSSR count). The summed E-state index contributed by atoms with van der Waals surface area (Å²) in [7, 11) is 1.09. The molecule has 20 heavy (non-hydrogen) atoms. The Balaban J connectivity index is 2.86. The fourth-order valence-electron chi connectivity index (χ4n) is 3.82. The van der Waals surface area contributed by atoms with Crippen LogP contribution < -0.4 is 5.32 Å². The molecule has 116 valence electrons. The van der Waals surface area contributed by atoms with Crippen molar-refractivity contribution in [2.24, 2.45) is 10.8 Å². The second-order valence-corrected chi connectivity index (χ2v) is 8.71. The summed E-state index contributed by atoms with van der Waals surface area (Å²) in [4.78, 5) is 12.7. The Morgan fingerprint density at radius 2 is 1.90 bits per heavy atom. The van der Waals surface area contributed by atoms with Gasteiger partial charge in [0.25, 0.3) is 0 Å². The van der Waals surface area contributed by atoms with Gasteiger partial charge in [0.15, 0.2) is 0 Å². The van der Waals surface area contributed by atoms with Crippen molar-refractivity contribution in [1.82, 2.24) is 5.32 Å². The quantitative estimate of drug-likeness (QED) is 0.735. The standard InChI is InChI=1S/C16H32BNO2/c1-11(2)17-15(7)10-16(15,9-14(4,5)6)13(20)18-8-12(3)19/h11-12,17,19H,8-10H2,1-7H3,(H,18,20). The number of carbonyl (C=O) groups is 1. The third-order valence-electron chi connectivity index (χ3n) is 4.41. The minimum atomic E-state index is -0.485. The maximum absolute atomic E-state index is 12.7. The highest BCUT2D eigenvalue weighted by molar-refractivity contribution is 6.45. The molecule has 1 fully saturated rings. The molecule has 0 aromatic heterocycles. The summed E-state index contributed by atoms with van der Waals surface area (Å²) in [6, 6.07) is 0. The molecule has 0 bridgehead atoms. The molecule has 1 aliphatic carbocycles. The number of rotatable bonds is 6. The Kier molecular flexibility index (Phi) is 5.01. The molecular weight excluding hydrogens is 249 g/mol. The number of aliphatic hydroxyl groups is 1. The van der Waals surface area contributed by atoms with Gasteiger partial charge in [-0.15, -0.1) is 0 Å². The van der Waals surface area contributed by atoms with E-state index >= 15 is 0 Å². The molecule has 0 radical (unpaired) electrons. The van der Waals surface area contributed by atoms with Crippen molar-refractivity contribution >= 4 is 13.2 Å². The first kappa shape index (κ1) is 17.5. The molecule has 0 heterocycles. The zero-order valence-electron chi connectivity index (χ0n) is 14.3. The van der Waals surface area contributed by atoms with Crippen LogP contribution in [0.2, 0.25) is 11.1 Å². The van der Waals surface area contributed by atoms with Crippen molar-refractivity contribution in [2.75, 3.05) is 6.54 Å². The van der Waals surface area contributed by atoms with Crippen LogP contribution in [-0.2, 0) is 4.79 Å². The van der Waals surface area contributed by atoms with Crippen LogP contribution in [0.1, 0.15) is 61.3 Å². The van der Waals surface area contributed by atoms with Gasteiger partial charge in [-0.2, -0.15) is 0 Å². The van der Waals surface area contributed by atoms with Crippen LogP contribution in [0, 0.1) is 10.8 Å². The predicted molar refractivity (Wildman–Crippen MR) is 86.4 cm³/mol. The molecule has 0 saturated heterocycles. The lowest BCUT2D eigenvalue weighted by atomic mass is 9.50. The molecule has 1 amide bonds. The minimum Gasteiger partial charge on any atom is -0.392 e. The van der Waals surface area contributed by atoms with E-state index in [2.05, 4.69) is 46.9 Å². The fraction of sp³-hybridized carbons (Fsp3) is 0.938. The number of aliphatic hydroxyl groups excluding tert-OH is 1. The minimum absolute atomic E-state index is 0.108. The lowest BCUT2D eigenvalue weighted by molar-refractivity contribution is -0.128. The van der Waals surface area contributed by atoms with E-state index in [4.69, 9.17) is 0 Å². The Hall–Kier alpha value is -0.505. The zero-order valence-corrected chi connectivity index (χ0v) is 14.3. The van der Waals surface area contributed by atoms with Gasteiger partial charge in [0.1, 0.15) is 7.28 Å². The van der Waals surface area contributed by atoms with Crippen LogP contribution in [0.3, 0.4) is 0 Å². The molecule has 3 unspecified atom stereocenters. The van der Waals surface area contributed by atoms with E-state index < -0.39 is 6.10 Å². The normalized spacial score (nSPS) is 31.1. The van der Waals surface area contributed by atoms with Crippen molar-refractivity contribution in [3.05, 3.63) is 0 Å². The number of hydrogen-bond donors (Lipinski definition) is 2. The van der Waals surface area contributed by atoms with Crippen LogP contribution >= 0.6 is 0 Å². The molecule has 0 aromatic carbocycles. The molecule has 2 N–H and O–H groups in total. The number of carbonyl (C=O) groups excluding carboxylic acids is 1. The van der Waals surface area contributed by atoms with Gasteiger partial charge in [-0.05, 0) is 30.5 Å². The second-order valence-electron chi connectivity index (χ2n) is 8.71. The molecular formula is C16H32BNO2. The molecule has 0 aliphatic heterocycles. The summed E-state index contributed by atoms with van der Waals surface area (Å²) in [6.45, 7) is 15.3. The van der Waals surface area contributed by atoms with Crippen LogP contribution in [0.5, 0.6) is 0 Å². The van der Waals surface area contributed by atoms with E-state index in [1.54, 1.807) is 6.92 Å². The maximum atomic E-state index is 12.7. The van der Waals surface area contributed by atoms with Crippen molar-refractivity contribution in [1.29, 1.82) is 0 Å². The van der Waals surface area contributed by atoms with Gasteiger partial charge in [-0.1, -0.05) is 47.4 Å². The van der Waals surface area contributed by atoms with Gasteiger partial charge in [-0.25, -0.2) is 0 Å². The molecule has 0 aromatic rings. The van der Waals surface area contributed by atoms with E-state index in [1.165, 1.54) is 0 Å². The third-order valence-corrected chi connectivity index (χ3v) is 4.41. The smallest absolute Gasteiger partial charge is 0.226 e. The van der Waals surface area contributed by atoms with Crippen LogP contribution in [0.15, 0.2) is 0 Å². The Morgan fingerprint density at radius 3 is 2.30 bits per heavy atom. The summed E-state index contributed by atoms with van der Waals surface area (Å²) in [5.74, 6) is 0.739. The lowest BCUT2D eigenvalue weighted by Crippen LogP contribution is -2.40. The maximum Gasteiger partial charge on any atom is 0.226 e. The van der Waals surface area contributed by atoms with Gasteiger partial charge in [0.05, 0.1) is 6.10 Å². The van der Waals surface area contributed by atoms with E-state index in [-0.39, 0.29) is 22.1 Å². The highest BCUT2D eigenvalue weighted by Gasteiger charge is 2.68. The third kappa shape index (κ3) is 4.00. The van der Waals surface area contributed by atoms with E-state index in [1.807, 2.05) is 0 Å². The summed E-state index contributed by atoms with van der Waals surface area (Å²) >= 11 is 0. The van der Waals surface area contributed by atoms with Gasteiger partial charge < -0.3 is 10.4 Å². The number of amides is 1. The largest absolute Gasteiger partial charge is 0.392 e. The topological polar surface area (TPSA) is 49.3 Å². The van der Waals surface area contributed by atoms with Crippen LogP contribution in [0.4, 0.5) is 0 Å². The van der Waals surface area contributed by atoms with E-state index in [0.717, 1.165) is 20.1 Å². The average Bonchev–Trinajstić information content (AvgIpc) is 2.76. The Labute approximate surface area is 125 Å². The second kappa shape index (κ2) is 5.71. The van der Waals surface area contributed by atoms with Crippen LogP contribution in [-0.4, -0.2) is 30.9 Å². The Morgan fingerprint density at radius 1 is 1.35 bits per heavy atom. The Bertz CT molecular complexity index is 362. The number of hydrogen-bond acceptors (Lipinski definition) is 2. The molecule has 1 aliphatic rings. The first-order valence-electron chi connectivity index (χ1n) is 7.88. The summed E-state index contributed by atoms with van der Waals surface area (Å²) in [5, 5.41) is 12.4. The number of nitrogens with one attached hydrogen (secondary N) is 1. The zero-order chi connectivity index (χ0) is 15.8. The first-order valence-corrected chi connectivity index (χ1v) is 7.88.